The molecule has 1 aliphatic heterocycles. The van der Waals surface area contributed by atoms with Crippen LogP contribution in [0.2, 0.25) is 5.02 Å². The van der Waals surface area contributed by atoms with E-state index in [-0.39, 0.29) is 0 Å². The van der Waals surface area contributed by atoms with Gasteiger partial charge >= 0.3 is 0 Å². The predicted molar refractivity (Wildman–Crippen MR) is 62.1 cm³/mol. The number of hydrogen-bond acceptors (Lipinski definition) is 2. The van der Waals surface area contributed by atoms with Crippen molar-refractivity contribution in [3.63, 3.8) is 0 Å². The van der Waals surface area contributed by atoms with Gasteiger partial charge in [0.2, 0.25) is 0 Å². The highest BCUT2D eigenvalue weighted by Gasteiger charge is 2.19. The van der Waals surface area contributed by atoms with Crippen LogP contribution in [0, 0.1) is 0 Å². The Balaban J connectivity index is 2.28. The minimum absolute atomic E-state index is 0.453. The van der Waals surface area contributed by atoms with Crippen molar-refractivity contribution in [3.8, 4) is 0 Å². The lowest BCUT2D eigenvalue weighted by Gasteiger charge is -2.15. The van der Waals surface area contributed by atoms with E-state index in [9.17, 15) is 0 Å². The van der Waals surface area contributed by atoms with E-state index in [0.717, 1.165) is 11.6 Å². The fourth-order valence-corrected chi connectivity index (χ4v) is 2.31. The predicted octanol–water partition coefficient (Wildman–Crippen LogP) is 2.91. The number of benzene rings is 1. The lowest BCUT2D eigenvalue weighted by molar-refractivity contribution is 0.183. The minimum Gasteiger partial charge on any atom is -0.380 e. The number of hydrogen-bond donors (Lipinski definition) is 1. The molecule has 1 saturated heterocycles. The highest BCUT2D eigenvalue weighted by molar-refractivity contribution is 6.30. The van der Waals surface area contributed by atoms with Crippen LogP contribution in [0.25, 0.3) is 0 Å². The fraction of sp³-hybridized carbons (Fsp3) is 0.500. The van der Waals surface area contributed by atoms with Gasteiger partial charge in [0.1, 0.15) is 0 Å². The van der Waals surface area contributed by atoms with E-state index < -0.39 is 0 Å². The van der Waals surface area contributed by atoms with E-state index in [2.05, 4.69) is 17.4 Å². The summed E-state index contributed by atoms with van der Waals surface area (Å²) in [5.41, 5.74) is 2.53. The summed E-state index contributed by atoms with van der Waals surface area (Å²) >= 11 is 6.03. The van der Waals surface area contributed by atoms with Gasteiger partial charge in [-0.15, -0.1) is 0 Å². The summed E-state index contributed by atoms with van der Waals surface area (Å²) in [6.45, 7) is 1.76. The maximum atomic E-state index is 6.03. The molecule has 2 nitrogen and oxygen atoms in total. The molecule has 1 unspecified atom stereocenters. The molecule has 3 heteroatoms. The fourth-order valence-electron chi connectivity index (χ4n) is 2.13. The molecule has 0 saturated carbocycles. The van der Waals surface area contributed by atoms with Crippen molar-refractivity contribution in [2.45, 2.75) is 25.5 Å². The molecule has 0 aromatic heterocycles. The molecular weight excluding hydrogens is 210 g/mol. The summed E-state index contributed by atoms with van der Waals surface area (Å²) in [6.07, 6.45) is 2.43. The Morgan fingerprint density at radius 1 is 1.53 bits per heavy atom. The summed E-state index contributed by atoms with van der Waals surface area (Å²) in [4.78, 5) is 0. The van der Waals surface area contributed by atoms with Gasteiger partial charge in [-0.25, -0.2) is 0 Å². The van der Waals surface area contributed by atoms with Crippen molar-refractivity contribution in [1.82, 2.24) is 5.32 Å². The average Bonchev–Trinajstić information content (AvgIpc) is 2.74. The summed E-state index contributed by atoms with van der Waals surface area (Å²) in [7, 11) is 1.72. The van der Waals surface area contributed by atoms with E-state index in [4.69, 9.17) is 16.3 Å². The first-order valence-corrected chi connectivity index (χ1v) is 5.69. The molecule has 1 aliphatic rings. The van der Waals surface area contributed by atoms with Crippen molar-refractivity contribution in [3.05, 3.63) is 34.3 Å². The van der Waals surface area contributed by atoms with Gasteiger partial charge in [-0.05, 0) is 42.6 Å². The third kappa shape index (κ3) is 2.51. The molecule has 0 radical (unpaired) electrons. The van der Waals surface area contributed by atoms with Gasteiger partial charge in [0.15, 0.2) is 0 Å². The van der Waals surface area contributed by atoms with Crippen LogP contribution < -0.4 is 5.32 Å². The third-order valence-corrected chi connectivity index (χ3v) is 3.08. The highest BCUT2D eigenvalue weighted by Crippen LogP contribution is 2.28. The van der Waals surface area contributed by atoms with Crippen LogP contribution in [-0.4, -0.2) is 13.7 Å². The van der Waals surface area contributed by atoms with Crippen LogP contribution in [0.4, 0.5) is 0 Å². The average molecular weight is 226 g/mol. The number of rotatable bonds is 3. The Labute approximate surface area is 95.6 Å². The molecular formula is C12H16ClNO. The van der Waals surface area contributed by atoms with Crippen molar-refractivity contribution >= 4 is 11.6 Å². The van der Waals surface area contributed by atoms with Crippen molar-refractivity contribution in [2.24, 2.45) is 0 Å². The van der Waals surface area contributed by atoms with Crippen molar-refractivity contribution < 1.29 is 4.74 Å². The molecule has 1 N–H and O–H groups in total. The number of nitrogens with one attached hydrogen (secondary N) is 1. The summed E-state index contributed by atoms with van der Waals surface area (Å²) in [6, 6.07) is 6.49. The second-order valence-corrected chi connectivity index (χ2v) is 4.36. The van der Waals surface area contributed by atoms with Crippen LogP contribution in [0.3, 0.4) is 0 Å². The largest absolute Gasteiger partial charge is 0.380 e. The van der Waals surface area contributed by atoms with E-state index in [1.807, 2.05) is 6.07 Å². The van der Waals surface area contributed by atoms with Crippen molar-refractivity contribution in [1.29, 1.82) is 0 Å². The quantitative estimate of drug-likeness (QED) is 0.854. The normalized spacial score (nSPS) is 20.8. The molecule has 1 aromatic carbocycles. The zero-order valence-electron chi connectivity index (χ0n) is 8.92. The maximum Gasteiger partial charge on any atom is 0.0716 e. The van der Waals surface area contributed by atoms with E-state index in [1.54, 1.807) is 7.11 Å². The molecule has 0 bridgehead atoms. The van der Waals surface area contributed by atoms with Crippen LogP contribution in [0.15, 0.2) is 18.2 Å². The number of methoxy groups -OCH3 is 1. The van der Waals surface area contributed by atoms with E-state index >= 15 is 0 Å². The van der Waals surface area contributed by atoms with Gasteiger partial charge in [-0.2, -0.15) is 0 Å². The van der Waals surface area contributed by atoms with Gasteiger partial charge < -0.3 is 10.1 Å². The first kappa shape index (κ1) is 10.9. The molecule has 1 aromatic rings. The SMILES string of the molecule is COCc1ccc(Cl)cc1C1CCCN1. The number of ether oxygens (including phenoxy) is 1. The molecule has 1 fully saturated rings. The molecule has 0 aliphatic carbocycles. The Bertz CT molecular complexity index is 334. The highest BCUT2D eigenvalue weighted by atomic mass is 35.5. The van der Waals surface area contributed by atoms with Gasteiger partial charge in [0, 0.05) is 18.2 Å². The Morgan fingerprint density at radius 2 is 2.40 bits per heavy atom. The molecule has 1 atom stereocenters. The smallest absolute Gasteiger partial charge is 0.0716 e. The van der Waals surface area contributed by atoms with Gasteiger partial charge in [0.05, 0.1) is 6.61 Å². The lowest BCUT2D eigenvalue weighted by Crippen LogP contribution is -2.15. The Morgan fingerprint density at radius 3 is 3.07 bits per heavy atom. The van der Waals surface area contributed by atoms with Crippen LogP contribution in [-0.2, 0) is 11.3 Å². The topological polar surface area (TPSA) is 21.3 Å². The van der Waals surface area contributed by atoms with Crippen molar-refractivity contribution in [2.75, 3.05) is 13.7 Å². The zero-order chi connectivity index (χ0) is 10.7. The zero-order valence-corrected chi connectivity index (χ0v) is 9.68. The van der Waals surface area contributed by atoms with Crippen LogP contribution in [0.1, 0.15) is 30.0 Å². The second-order valence-electron chi connectivity index (χ2n) is 3.93. The summed E-state index contributed by atoms with van der Waals surface area (Å²) < 4.78 is 5.20. The maximum absolute atomic E-state index is 6.03. The van der Waals surface area contributed by atoms with E-state index in [0.29, 0.717) is 12.6 Å². The molecule has 0 amide bonds. The summed E-state index contributed by atoms with van der Waals surface area (Å²) in [5, 5.41) is 4.29. The Hall–Kier alpha value is -0.570. The standard InChI is InChI=1S/C12H16ClNO/c1-15-8-9-4-5-10(13)7-11(9)12-3-2-6-14-12/h4-5,7,12,14H,2-3,6,8H2,1H3. The van der Waals surface area contributed by atoms with Gasteiger partial charge in [-0.1, -0.05) is 17.7 Å². The molecule has 2 rings (SSSR count). The summed E-state index contributed by atoms with van der Waals surface area (Å²) in [5.74, 6) is 0. The molecule has 82 valence electrons. The first-order valence-electron chi connectivity index (χ1n) is 5.32. The first-order chi connectivity index (χ1) is 7.31. The van der Waals surface area contributed by atoms with E-state index in [1.165, 1.54) is 24.0 Å². The van der Waals surface area contributed by atoms with Gasteiger partial charge in [0.25, 0.3) is 0 Å². The molecule has 1 heterocycles. The molecule has 15 heavy (non-hydrogen) atoms. The molecule has 0 spiro atoms. The second kappa shape index (κ2) is 4.97. The Kier molecular flexibility index (Phi) is 3.62. The number of halogens is 1. The monoisotopic (exact) mass is 225 g/mol. The third-order valence-electron chi connectivity index (χ3n) is 2.84. The minimum atomic E-state index is 0.453. The van der Waals surface area contributed by atoms with Gasteiger partial charge in [-0.3, -0.25) is 0 Å². The lowest BCUT2D eigenvalue weighted by atomic mass is 9.99. The van der Waals surface area contributed by atoms with Crippen LogP contribution >= 0.6 is 11.6 Å². The van der Waals surface area contributed by atoms with Crippen LogP contribution in [0.5, 0.6) is 0 Å².